The molecule has 0 aliphatic carbocycles. The molecule has 5 nitrogen and oxygen atoms in total. The van der Waals surface area contributed by atoms with Crippen LogP contribution in [0.25, 0.3) is 0 Å². The van der Waals surface area contributed by atoms with Crippen molar-refractivity contribution in [2.45, 2.75) is 38.1 Å². The molecule has 1 amide bonds. The lowest BCUT2D eigenvalue weighted by Gasteiger charge is -2.21. The molecule has 1 saturated heterocycles. The van der Waals surface area contributed by atoms with E-state index in [1.165, 1.54) is 5.56 Å². The van der Waals surface area contributed by atoms with E-state index in [-0.39, 0.29) is 11.9 Å². The fraction of sp³-hybridized carbons (Fsp3) is 0.296. The second-order valence-electron chi connectivity index (χ2n) is 8.29. The Morgan fingerprint density at radius 3 is 2.19 bits per heavy atom. The summed E-state index contributed by atoms with van der Waals surface area (Å²) < 4.78 is 5.79. The van der Waals surface area contributed by atoms with Crippen molar-refractivity contribution in [2.24, 2.45) is 0 Å². The van der Waals surface area contributed by atoms with Gasteiger partial charge >= 0.3 is 0 Å². The molecule has 32 heavy (non-hydrogen) atoms. The minimum absolute atomic E-state index is 0.167. The molecule has 0 saturated carbocycles. The van der Waals surface area contributed by atoms with E-state index >= 15 is 0 Å². The van der Waals surface area contributed by atoms with Crippen LogP contribution in [0.2, 0.25) is 0 Å². The SMILES string of the molecule is O=C(NC1CCN(Cc2ccccc2)CCC1O)c1ccc(OCc2ccccc2)cc1. The van der Waals surface area contributed by atoms with Crippen LogP contribution in [-0.4, -0.2) is 41.1 Å². The molecule has 2 unspecified atom stereocenters. The normalized spacial score (nSPS) is 19.2. The number of carbonyl (C=O) groups excluding carboxylic acids is 1. The van der Waals surface area contributed by atoms with E-state index in [0.29, 0.717) is 18.6 Å². The van der Waals surface area contributed by atoms with E-state index in [2.05, 4.69) is 22.3 Å². The van der Waals surface area contributed by atoms with Gasteiger partial charge in [-0.05, 0) is 48.2 Å². The fourth-order valence-electron chi connectivity index (χ4n) is 4.01. The maximum absolute atomic E-state index is 12.8. The van der Waals surface area contributed by atoms with Gasteiger partial charge in [-0.15, -0.1) is 0 Å². The number of aliphatic hydroxyl groups is 1. The predicted molar refractivity (Wildman–Crippen MR) is 125 cm³/mol. The van der Waals surface area contributed by atoms with Gasteiger partial charge in [-0.1, -0.05) is 60.7 Å². The van der Waals surface area contributed by atoms with E-state index in [1.807, 2.05) is 60.7 Å². The zero-order chi connectivity index (χ0) is 22.2. The van der Waals surface area contributed by atoms with Gasteiger partial charge in [0.15, 0.2) is 0 Å². The summed E-state index contributed by atoms with van der Waals surface area (Å²) in [6.45, 7) is 3.00. The molecule has 2 atom stereocenters. The summed E-state index contributed by atoms with van der Waals surface area (Å²) in [4.78, 5) is 15.1. The molecule has 1 aliphatic rings. The molecule has 0 bridgehead atoms. The minimum atomic E-state index is -0.548. The first-order chi connectivity index (χ1) is 15.7. The highest BCUT2D eigenvalue weighted by molar-refractivity contribution is 5.94. The Hall–Kier alpha value is -3.15. The van der Waals surface area contributed by atoms with Crippen LogP contribution in [0.5, 0.6) is 5.75 Å². The number of hydrogen-bond acceptors (Lipinski definition) is 4. The quantitative estimate of drug-likeness (QED) is 0.594. The summed E-state index contributed by atoms with van der Waals surface area (Å²) in [5.74, 6) is 0.552. The number of ether oxygens (including phenoxy) is 1. The average Bonchev–Trinajstić information content (AvgIpc) is 3.01. The zero-order valence-electron chi connectivity index (χ0n) is 18.2. The van der Waals surface area contributed by atoms with Crippen molar-refractivity contribution in [3.8, 4) is 5.75 Å². The monoisotopic (exact) mass is 430 g/mol. The Balaban J connectivity index is 1.28. The van der Waals surface area contributed by atoms with Gasteiger partial charge in [-0.25, -0.2) is 0 Å². The van der Waals surface area contributed by atoms with Crippen LogP contribution in [0.1, 0.15) is 34.3 Å². The van der Waals surface area contributed by atoms with Gasteiger partial charge in [0, 0.05) is 25.2 Å². The summed E-state index contributed by atoms with van der Waals surface area (Å²) >= 11 is 0. The number of nitrogens with zero attached hydrogens (tertiary/aromatic N) is 1. The van der Waals surface area contributed by atoms with Crippen LogP contribution in [0.3, 0.4) is 0 Å². The first-order valence-corrected chi connectivity index (χ1v) is 11.2. The molecule has 4 rings (SSSR count). The van der Waals surface area contributed by atoms with Crippen molar-refractivity contribution in [1.82, 2.24) is 10.2 Å². The van der Waals surface area contributed by atoms with Crippen LogP contribution in [0.4, 0.5) is 0 Å². The lowest BCUT2D eigenvalue weighted by molar-refractivity contribution is 0.0825. The lowest BCUT2D eigenvalue weighted by Crippen LogP contribution is -2.43. The second kappa shape index (κ2) is 10.9. The van der Waals surface area contributed by atoms with Crippen molar-refractivity contribution in [3.05, 3.63) is 102 Å². The van der Waals surface area contributed by atoms with Gasteiger partial charge in [0.25, 0.3) is 5.91 Å². The second-order valence-corrected chi connectivity index (χ2v) is 8.29. The maximum Gasteiger partial charge on any atom is 0.251 e. The maximum atomic E-state index is 12.8. The largest absolute Gasteiger partial charge is 0.489 e. The van der Waals surface area contributed by atoms with E-state index in [9.17, 15) is 9.90 Å². The highest BCUT2D eigenvalue weighted by Crippen LogP contribution is 2.17. The summed E-state index contributed by atoms with van der Waals surface area (Å²) in [7, 11) is 0. The molecule has 0 aromatic heterocycles. The number of nitrogens with one attached hydrogen (secondary N) is 1. The average molecular weight is 431 g/mol. The van der Waals surface area contributed by atoms with Crippen LogP contribution >= 0.6 is 0 Å². The van der Waals surface area contributed by atoms with Crippen LogP contribution in [-0.2, 0) is 13.2 Å². The van der Waals surface area contributed by atoms with E-state index in [4.69, 9.17) is 4.74 Å². The Morgan fingerprint density at radius 2 is 1.50 bits per heavy atom. The molecule has 0 radical (unpaired) electrons. The molecule has 1 aliphatic heterocycles. The number of amides is 1. The van der Waals surface area contributed by atoms with Crippen molar-refractivity contribution in [2.75, 3.05) is 13.1 Å². The molecule has 0 spiro atoms. The summed E-state index contributed by atoms with van der Waals surface area (Å²) in [6.07, 6.45) is 0.815. The predicted octanol–water partition coefficient (Wildman–Crippen LogP) is 4.02. The highest BCUT2D eigenvalue weighted by atomic mass is 16.5. The first kappa shape index (κ1) is 22.1. The molecular formula is C27H30N2O3. The fourth-order valence-corrected chi connectivity index (χ4v) is 4.01. The smallest absolute Gasteiger partial charge is 0.251 e. The number of aliphatic hydroxyl groups excluding tert-OH is 1. The number of hydrogen-bond donors (Lipinski definition) is 2. The summed E-state index contributed by atoms with van der Waals surface area (Å²) in [5.41, 5.74) is 2.92. The van der Waals surface area contributed by atoms with Gasteiger partial charge in [0.1, 0.15) is 12.4 Å². The molecule has 1 heterocycles. The highest BCUT2D eigenvalue weighted by Gasteiger charge is 2.26. The van der Waals surface area contributed by atoms with Crippen molar-refractivity contribution >= 4 is 5.91 Å². The Labute approximate surface area is 189 Å². The van der Waals surface area contributed by atoms with Crippen molar-refractivity contribution in [1.29, 1.82) is 0 Å². The van der Waals surface area contributed by atoms with E-state index in [1.54, 1.807) is 12.1 Å². The van der Waals surface area contributed by atoms with Gasteiger partial charge in [-0.3, -0.25) is 9.69 Å². The molecule has 3 aromatic rings. The van der Waals surface area contributed by atoms with E-state index in [0.717, 1.165) is 37.4 Å². The van der Waals surface area contributed by atoms with Gasteiger partial charge < -0.3 is 15.2 Å². The number of rotatable bonds is 7. The molecule has 1 fully saturated rings. The van der Waals surface area contributed by atoms with Crippen LogP contribution in [0, 0.1) is 0 Å². The minimum Gasteiger partial charge on any atom is -0.489 e. The first-order valence-electron chi connectivity index (χ1n) is 11.2. The molecule has 3 aromatic carbocycles. The number of benzene rings is 3. The Kier molecular flexibility index (Phi) is 7.54. The van der Waals surface area contributed by atoms with Crippen molar-refractivity contribution < 1.29 is 14.6 Å². The topological polar surface area (TPSA) is 61.8 Å². The molecule has 5 heteroatoms. The lowest BCUT2D eigenvalue weighted by atomic mass is 10.1. The number of carbonyl (C=O) groups is 1. The van der Waals surface area contributed by atoms with Gasteiger partial charge in [0.2, 0.25) is 0 Å². The molecule has 166 valence electrons. The summed E-state index contributed by atoms with van der Waals surface area (Å²) in [6, 6.07) is 27.2. The third-order valence-corrected chi connectivity index (χ3v) is 5.89. The Morgan fingerprint density at radius 1 is 0.875 bits per heavy atom. The Bertz CT molecular complexity index is 977. The zero-order valence-corrected chi connectivity index (χ0v) is 18.2. The third-order valence-electron chi connectivity index (χ3n) is 5.89. The van der Waals surface area contributed by atoms with Gasteiger partial charge in [-0.2, -0.15) is 0 Å². The number of likely N-dealkylation sites (tertiary alicyclic amines) is 1. The van der Waals surface area contributed by atoms with E-state index < -0.39 is 6.10 Å². The van der Waals surface area contributed by atoms with Crippen LogP contribution in [0.15, 0.2) is 84.9 Å². The van der Waals surface area contributed by atoms with Crippen LogP contribution < -0.4 is 10.1 Å². The standard InChI is InChI=1S/C27H30N2O3/c30-26-16-18-29(19-21-7-3-1-4-8-21)17-15-25(26)28-27(31)23-11-13-24(14-12-23)32-20-22-9-5-2-6-10-22/h1-14,25-26,30H,15-20H2,(H,28,31). The van der Waals surface area contributed by atoms with Gasteiger partial charge in [0.05, 0.1) is 12.1 Å². The molecule has 2 N–H and O–H groups in total. The molecular weight excluding hydrogens is 400 g/mol. The summed E-state index contributed by atoms with van der Waals surface area (Å²) in [5, 5.41) is 13.6. The van der Waals surface area contributed by atoms with Crippen molar-refractivity contribution in [3.63, 3.8) is 0 Å². The third kappa shape index (κ3) is 6.19.